The number of hydrogen-bond acceptors (Lipinski definition) is 2. The zero-order chi connectivity index (χ0) is 9.97. The number of aromatic nitrogens is 2. The van der Waals surface area contributed by atoms with E-state index in [9.17, 15) is 4.79 Å². The average molecular weight is 185 g/mol. The lowest BCUT2D eigenvalue weighted by atomic mass is 10.1. The van der Waals surface area contributed by atoms with Crippen molar-refractivity contribution in [2.24, 2.45) is 7.05 Å². The minimum Gasteiger partial charge on any atom is -0.268 e. The Morgan fingerprint density at radius 2 is 2.14 bits per heavy atom. The molecule has 0 bridgehead atoms. The van der Waals surface area contributed by atoms with Crippen LogP contribution in [0.3, 0.4) is 0 Å². The molecule has 1 heterocycles. The Hall–Kier alpha value is -1.90. The van der Waals surface area contributed by atoms with Gasteiger partial charge in [0.1, 0.15) is 0 Å². The first-order valence-corrected chi connectivity index (χ1v) is 4.29. The Morgan fingerprint density at radius 1 is 1.29 bits per heavy atom. The van der Waals surface area contributed by atoms with Crippen molar-refractivity contribution >= 4 is 0 Å². The lowest BCUT2D eigenvalue weighted by Gasteiger charge is -2.00. The lowest BCUT2D eigenvalue weighted by Crippen LogP contribution is -2.18. The standard InChI is InChI=1S/C11H9N2O/c1-13-11(14)8-7-10(12-13)9-5-3-2-4-6-9/h2-5,7-8H,1H3. The van der Waals surface area contributed by atoms with E-state index in [0.29, 0.717) is 0 Å². The van der Waals surface area contributed by atoms with Crippen molar-refractivity contribution in [3.8, 4) is 11.3 Å². The molecule has 14 heavy (non-hydrogen) atoms. The van der Waals surface area contributed by atoms with E-state index in [4.69, 9.17) is 0 Å². The van der Waals surface area contributed by atoms with E-state index >= 15 is 0 Å². The highest BCUT2D eigenvalue weighted by atomic mass is 16.1. The van der Waals surface area contributed by atoms with Crippen molar-refractivity contribution in [1.82, 2.24) is 9.78 Å². The third kappa shape index (κ3) is 1.57. The van der Waals surface area contributed by atoms with Crippen molar-refractivity contribution in [1.29, 1.82) is 0 Å². The highest BCUT2D eigenvalue weighted by Crippen LogP contribution is 2.12. The molecule has 1 aromatic heterocycles. The van der Waals surface area contributed by atoms with Crippen LogP contribution in [0.25, 0.3) is 11.3 Å². The molecule has 0 fully saturated rings. The number of hydrogen-bond donors (Lipinski definition) is 0. The summed E-state index contributed by atoms with van der Waals surface area (Å²) in [5.41, 5.74) is 1.54. The van der Waals surface area contributed by atoms with E-state index in [-0.39, 0.29) is 5.56 Å². The van der Waals surface area contributed by atoms with Gasteiger partial charge < -0.3 is 0 Å². The molecule has 1 radical (unpaired) electrons. The second kappa shape index (κ2) is 3.46. The van der Waals surface area contributed by atoms with Crippen LogP contribution in [0.15, 0.2) is 41.2 Å². The molecule has 0 saturated carbocycles. The predicted octanol–water partition coefficient (Wildman–Crippen LogP) is 1.25. The average Bonchev–Trinajstić information content (AvgIpc) is 2.23. The highest BCUT2D eigenvalue weighted by molar-refractivity contribution is 5.56. The summed E-state index contributed by atoms with van der Waals surface area (Å²) < 4.78 is 1.32. The summed E-state index contributed by atoms with van der Waals surface area (Å²) in [5, 5.41) is 4.12. The van der Waals surface area contributed by atoms with E-state index in [0.717, 1.165) is 11.3 Å². The first-order chi connectivity index (χ1) is 6.77. The molecule has 0 amide bonds. The summed E-state index contributed by atoms with van der Waals surface area (Å²) in [4.78, 5) is 11.1. The molecular formula is C11H9N2O. The van der Waals surface area contributed by atoms with E-state index < -0.39 is 0 Å². The van der Waals surface area contributed by atoms with Gasteiger partial charge in [0.2, 0.25) is 0 Å². The molecule has 2 aromatic rings. The van der Waals surface area contributed by atoms with Gasteiger partial charge in [0.15, 0.2) is 0 Å². The van der Waals surface area contributed by atoms with Gasteiger partial charge in [-0.2, -0.15) is 5.10 Å². The quantitative estimate of drug-likeness (QED) is 0.670. The zero-order valence-corrected chi connectivity index (χ0v) is 7.77. The van der Waals surface area contributed by atoms with Crippen LogP contribution in [-0.4, -0.2) is 9.78 Å². The van der Waals surface area contributed by atoms with Gasteiger partial charge in [0.25, 0.3) is 5.56 Å². The van der Waals surface area contributed by atoms with Gasteiger partial charge in [-0.3, -0.25) is 4.79 Å². The summed E-state index contributed by atoms with van der Waals surface area (Å²) >= 11 is 0. The third-order valence-electron chi connectivity index (χ3n) is 1.95. The molecule has 3 nitrogen and oxygen atoms in total. The Morgan fingerprint density at radius 3 is 2.79 bits per heavy atom. The van der Waals surface area contributed by atoms with Crippen molar-refractivity contribution < 1.29 is 0 Å². The summed E-state index contributed by atoms with van der Waals surface area (Å²) in [7, 11) is 1.63. The summed E-state index contributed by atoms with van der Waals surface area (Å²) in [5.74, 6) is 0. The molecule has 0 N–H and O–H groups in total. The largest absolute Gasteiger partial charge is 0.268 e. The van der Waals surface area contributed by atoms with Crippen molar-refractivity contribution in [2.75, 3.05) is 0 Å². The topological polar surface area (TPSA) is 34.9 Å². The van der Waals surface area contributed by atoms with Gasteiger partial charge in [-0.1, -0.05) is 24.3 Å². The first kappa shape index (κ1) is 8.69. The molecule has 0 spiro atoms. The predicted molar refractivity (Wildman–Crippen MR) is 53.8 cm³/mol. The van der Waals surface area contributed by atoms with Gasteiger partial charge in [-0.15, -0.1) is 0 Å². The van der Waals surface area contributed by atoms with E-state index in [2.05, 4.69) is 11.2 Å². The maximum absolute atomic E-state index is 11.1. The molecule has 0 aliphatic carbocycles. The number of aryl methyl sites for hydroxylation is 1. The Bertz CT molecular complexity index is 488. The number of nitrogens with zero attached hydrogens (tertiary/aromatic N) is 2. The van der Waals surface area contributed by atoms with Gasteiger partial charge in [-0.25, -0.2) is 4.68 Å². The summed E-state index contributed by atoms with van der Waals surface area (Å²) in [6.45, 7) is 0. The van der Waals surface area contributed by atoms with Crippen LogP contribution < -0.4 is 5.56 Å². The maximum atomic E-state index is 11.1. The van der Waals surface area contributed by atoms with Crippen LogP contribution in [0.2, 0.25) is 0 Å². The van der Waals surface area contributed by atoms with Gasteiger partial charge in [0.05, 0.1) is 5.69 Å². The van der Waals surface area contributed by atoms with Gasteiger partial charge in [0, 0.05) is 18.7 Å². The van der Waals surface area contributed by atoms with Crippen LogP contribution in [0.4, 0.5) is 0 Å². The first-order valence-electron chi connectivity index (χ1n) is 4.29. The third-order valence-corrected chi connectivity index (χ3v) is 1.95. The molecule has 69 valence electrons. The second-order valence-corrected chi connectivity index (χ2v) is 2.96. The van der Waals surface area contributed by atoms with Crippen molar-refractivity contribution in [3.05, 3.63) is 52.8 Å². The highest BCUT2D eigenvalue weighted by Gasteiger charge is 1.99. The summed E-state index contributed by atoms with van der Waals surface area (Å²) in [6.07, 6.45) is 0. The normalized spacial score (nSPS) is 10.1. The summed E-state index contributed by atoms with van der Waals surface area (Å²) in [6, 6.07) is 13.8. The van der Waals surface area contributed by atoms with Gasteiger partial charge >= 0.3 is 0 Å². The molecule has 0 aliphatic rings. The Balaban J connectivity index is 2.54. The van der Waals surface area contributed by atoms with E-state index in [1.54, 1.807) is 13.1 Å². The van der Waals surface area contributed by atoms with Crippen LogP contribution >= 0.6 is 0 Å². The minimum atomic E-state index is -0.107. The molecule has 2 rings (SSSR count). The zero-order valence-electron chi connectivity index (χ0n) is 7.77. The molecule has 0 atom stereocenters. The van der Waals surface area contributed by atoms with Crippen LogP contribution in [0, 0.1) is 6.07 Å². The molecule has 3 heteroatoms. The monoisotopic (exact) mass is 185 g/mol. The van der Waals surface area contributed by atoms with Crippen molar-refractivity contribution in [3.63, 3.8) is 0 Å². The second-order valence-electron chi connectivity index (χ2n) is 2.96. The van der Waals surface area contributed by atoms with Gasteiger partial charge in [-0.05, 0) is 12.1 Å². The molecular weight excluding hydrogens is 176 g/mol. The molecule has 0 unspecified atom stereocenters. The maximum Gasteiger partial charge on any atom is 0.266 e. The molecule has 0 saturated heterocycles. The molecule has 0 aliphatic heterocycles. The fourth-order valence-corrected chi connectivity index (χ4v) is 1.20. The lowest BCUT2D eigenvalue weighted by molar-refractivity contribution is 0.712. The Labute approximate surface area is 81.6 Å². The number of rotatable bonds is 1. The van der Waals surface area contributed by atoms with Crippen LogP contribution in [0.1, 0.15) is 0 Å². The Kier molecular flexibility index (Phi) is 2.14. The SMILES string of the molecule is Cn1nc(-c2[c]cccc2)ccc1=O. The van der Waals surface area contributed by atoms with Crippen LogP contribution in [-0.2, 0) is 7.05 Å². The molecule has 1 aromatic carbocycles. The smallest absolute Gasteiger partial charge is 0.266 e. The van der Waals surface area contributed by atoms with E-state index in [1.165, 1.54) is 10.7 Å². The number of benzene rings is 1. The fourth-order valence-electron chi connectivity index (χ4n) is 1.20. The fraction of sp³-hybridized carbons (Fsp3) is 0.0909. The van der Waals surface area contributed by atoms with Crippen LogP contribution in [0.5, 0.6) is 0 Å². The van der Waals surface area contributed by atoms with E-state index in [1.807, 2.05) is 24.3 Å². The van der Waals surface area contributed by atoms with Crippen molar-refractivity contribution in [2.45, 2.75) is 0 Å². The minimum absolute atomic E-state index is 0.107.